The van der Waals surface area contributed by atoms with Gasteiger partial charge < -0.3 is 25.6 Å². The first-order valence-corrected chi connectivity index (χ1v) is 14.2. The molecule has 38 heavy (non-hydrogen) atoms. The predicted molar refractivity (Wildman–Crippen MR) is 150 cm³/mol. The minimum absolute atomic E-state index is 0.113. The van der Waals surface area contributed by atoms with Crippen LogP contribution in [0.1, 0.15) is 73.1 Å². The number of hydrogen-bond acceptors (Lipinski definition) is 5. The summed E-state index contributed by atoms with van der Waals surface area (Å²) in [7, 11) is 0. The first-order valence-electron chi connectivity index (χ1n) is 13.8. The number of amides is 2. The molecule has 8 nitrogen and oxygen atoms in total. The Labute approximate surface area is 229 Å². The van der Waals surface area contributed by atoms with Crippen LogP contribution in [0.2, 0.25) is 5.02 Å². The monoisotopic (exact) mass is 539 g/mol. The number of hydrogen-bond donors (Lipinski definition) is 3. The van der Waals surface area contributed by atoms with E-state index in [-0.39, 0.29) is 12.5 Å². The Bertz CT molecular complexity index is 1200. The van der Waals surface area contributed by atoms with Gasteiger partial charge in [0.1, 0.15) is 0 Å². The summed E-state index contributed by atoms with van der Waals surface area (Å²) in [4.78, 5) is 29.3. The first kappa shape index (κ1) is 26.6. The second kappa shape index (κ2) is 11.4. The van der Waals surface area contributed by atoms with E-state index in [1.54, 1.807) is 5.01 Å². The highest BCUT2D eigenvalue weighted by atomic mass is 35.5. The second-order valence-electron chi connectivity index (χ2n) is 11.0. The zero-order valence-electron chi connectivity index (χ0n) is 21.9. The standard InChI is InChI=1S/C29H38ClN5O3/c30-27-23-7-8-25(28(27)31)35(32)12-3-1-2-4-19-9-13-33(14-10-19)29(38)34-15-11-20-5-6-21(16-22(20)18-34)24(23)17-26(36)37/h5-8,16,19,24H,1-4,9-15,17-18,31-32H2,(H,36,37). The molecule has 7 bridgehead atoms. The maximum Gasteiger partial charge on any atom is 0.320 e. The zero-order valence-corrected chi connectivity index (χ0v) is 22.6. The van der Waals surface area contributed by atoms with Crippen molar-refractivity contribution in [2.45, 2.75) is 63.8 Å². The number of hydrazine groups is 1. The van der Waals surface area contributed by atoms with Gasteiger partial charge in [-0.25, -0.2) is 10.6 Å². The molecule has 1 unspecified atom stereocenters. The number of nitrogen functional groups attached to an aromatic ring is 1. The summed E-state index contributed by atoms with van der Waals surface area (Å²) >= 11 is 6.79. The molecule has 8 rings (SSSR count). The molecular formula is C29H38ClN5O3. The van der Waals surface area contributed by atoms with Gasteiger partial charge in [-0.15, -0.1) is 0 Å². The summed E-state index contributed by atoms with van der Waals surface area (Å²) in [5.41, 5.74) is 11.3. The van der Waals surface area contributed by atoms with Crippen molar-refractivity contribution in [2.24, 2.45) is 11.8 Å². The molecule has 6 heterocycles. The highest BCUT2D eigenvalue weighted by molar-refractivity contribution is 6.34. The summed E-state index contributed by atoms with van der Waals surface area (Å²) < 4.78 is 0. The van der Waals surface area contributed by atoms with Crippen LogP contribution < -0.4 is 16.6 Å². The number of anilines is 2. The number of rotatable bonds is 2. The summed E-state index contributed by atoms with van der Waals surface area (Å²) in [6.45, 7) is 3.51. The van der Waals surface area contributed by atoms with Crippen LogP contribution in [-0.2, 0) is 17.8 Å². The highest BCUT2D eigenvalue weighted by Gasteiger charge is 2.30. The molecular weight excluding hydrogens is 502 g/mol. The quantitative estimate of drug-likeness (QED) is 0.366. The minimum atomic E-state index is -0.919. The number of carboxylic acid groups (broad SMARTS) is 1. The molecule has 1 saturated heterocycles. The molecule has 0 aromatic heterocycles. The average molecular weight is 540 g/mol. The van der Waals surface area contributed by atoms with E-state index in [1.807, 2.05) is 34.1 Å². The van der Waals surface area contributed by atoms with Crippen LogP contribution in [-0.4, -0.2) is 53.1 Å². The van der Waals surface area contributed by atoms with Crippen molar-refractivity contribution < 1.29 is 14.7 Å². The number of piperidine rings is 1. The fourth-order valence-corrected chi connectivity index (χ4v) is 6.58. The summed E-state index contributed by atoms with van der Waals surface area (Å²) in [5.74, 6) is 5.64. The van der Waals surface area contributed by atoms with Gasteiger partial charge in [-0.3, -0.25) is 4.79 Å². The molecule has 6 aliphatic rings. The molecule has 5 N–H and O–H groups in total. The van der Waals surface area contributed by atoms with E-state index in [1.165, 1.54) is 12.0 Å². The number of carbonyl (C=O) groups excluding carboxylic acids is 1. The molecule has 0 spiro atoms. The van der Waals surface area contributed by atoms with Gasteiger partial charge in [0.15, 0.2) is 0 Å². The van der Waals surface area contributed by atoms with Crippen molar-refractivity contribution in [1.82, 2.24) is 9.80 Å². The minimum Gasteiger partial charge on any atom is -0.481 e. The molecule has 2 amide bonds. The Kier molecular flexibility index (Phi) is 8.00. The topological polar surface area (TPSA) is 116 Å². The van der Waals surface area contributed by atoms with E-state index in [9.17, 15) is 14.7 Å². The molecule has 2 aromatic carbocycles. The van der Waals surface area contributed by atoms with Gasteiger partial charge >= 0.3 is 12.0 Å². The van der Waals surface area contributed by atoms with Gasteiger partial charge in [0, 0.05) is 38.6 Å². The third-order valence-electron chi connectivity index (χ3n) is 8.56. The Morgan fingerprint density at radius 2 is 1.76 bits per heavy atom. The van der Waals surface area contributed by atoms with Crippen LogP contribution >= 0.6 is 11.6 Å². The van der Waals surface area contributed by atoms with Crippen molar-refractivity contribution in [3.8, 4) is 0 Å². The Morgan fingerprint density at radius 3 is 2.53 bits per heavy atom. The van der Waals surface area contributed by atoms with Crippen LogP contribution in [0, 0.1) is 5.92 Å². The lowest BCUT2D eigenvalue weighted by Gasteiger charge is -2.38. The number of urea groups is 1. The summed E-state index contributed by atoms with van der Waals surface area (Å²) in [5, 5.41) is 11.8. The van der Waals surface area contributed by atoms with Gasteiger partial charge in [0.25, 0.3) is 0 Å². The molecule has 9 heteroatoms. The third-order valence-corrected chi connectivity index (χ3v) is 8.98. The lowest BCUT2D eigenvalue weighted by Crippen LogP contribution is -2.48. The Morgan fingerprint density at radius 1 is 0.974 bits per heavy atom. The van der Waals surface area contributed by atoms with Gasteiger partial charge in [-0.05, 0) is 59.9 Å². The van der Waals surface area contributed by atoms with Crippen LogP contribution in [0.15, 0.2) is 30.3 Å². The highest BCUT2D eigenvalue weighted by Crippen LogP contribution is 2.41. The normalized spacial score (nSPS) is 22.6. The Balaban J connectivity index is 1.51. The van der Waals surface area contributed by atoms with Gasteiger partial charge in [-0.2, -0.15) is 0 Å². The van der Waals surface area contributed by atoms with E-state index in [2.05, 4.69) is 6.07 Å². The second-order valence-corrected chi connectivity index (χ2v) is 11.4. The average Bonchev–Trinajstić information content (AvgIpc) is 2.92. The third kappa shape index (κ3) is 5.57. The lowest BCUT2D eigenvalue weighted by molar-refractivity contribution is -0.137. The van der Waals surface area contributed by atoms with E-state index in [0.717, 1.165) is 62.7 Å². The predicted octanol–water partition coefficient (Wildman–Crippen LogP) is 4.97. The molecule has 6 aliphatic heterocycles. The fourth-order valence-electron chi connectivity index (χ4n) is 6.28. The van der Waals surface area contributed by atoms with Crippen LogP contribution in [0.5, 0.6) is 0 Å². The molecule has 0 saturated carbocycles. The van der Waals surface area contributed by atoms with Crippen LogP contribution in [0.3, 0.4) is 0 Å². The van der Waals surface area contributed by atoms with Crippen molar-refractivity contribution in [3.05, 3.63) is 57.6 Å². The van der Waals surface area contributed by atoms with Crippen molar-refractivity contribution >= 4 is 35.0 Å². The number of benzene rings is 2. The molecule has 2 aromatic rings. The van der Waals surface area contributed by atoms with Crippen molar-refractivity contribution in [2.75, 3.05) is 36.9 Å². The van der Waals surface area contributed by atoms with Gasteiger partial charge in [0.2, 0.25) is 0 Å². The SMILES string of the molecule is Nc1c2ccc(c1Cl)C(CC(=O)O)c1ccc3c(c1)CN(CC3)C(=O)N1CCC(CCCCCN2N)CC1. The van der Waals surface area contributed by atoms with Gasteiger partial charge in [-0.1, -0.05) is 55.1 Å². The Hall–Kier alpha value is -2.97. The number of nitrogens with zero attached hydrogens (tertiary/aromatic N) is 3. The van der Waals surface area contributed by atoms with E-state index in [0.29, 0.717) is 47.5 Å². The van der Waals surface area contributed by atoms with Crippen molar-refractivity contribution in [1.29, 1.82) is 0 Å². The molecule has 1 atom stereocenters. The summed E-state index contributed by atoms with van der Waals surface area (Å²) in [6.07, 6.45) is 7.12. The van der Waals surface area contributed by atoms with Gasteiger partial charge in [0.05, 0.1) is 22.8 Å². The maximum atomic E-state index is 13.4. The molecule has 204 valence electrons. The van der Waals surface area contributed by atoms with E-state index >= 15 is 0 Å². The molecule has 0 radical (unpaired) electrons. The van der Waals surface area contributed by atoms with Crippen molar-refractivity contribution in [3.63, 3.8) is 0 Å². The lowest BCUT2D eigenvalue weighted by atomic mass is 9.85. The number of halogens is 1. The summed E-state index contributed by atoms with van der Waals surface area (Å²) in [6, 6.07) is 9.91. The van der Waals surface area contributed by atoms with Crippen LogP contribution in [0.25, 0.3) is 0 Å². The number of nitrogens with two attached hydrogens (primary N) is 2. The number of carboxylic acids is 1. The molecule has 0 aliphatic carbocycles. The number of carbonyl (C=O) groups is 2. The van der Waals surface area contributed by atoms with E-state index in [4.69, 9.17) is 23.2 Å². The maximum absolute atomic E-state index is 13.4. The first-order chi connectivity index (χ1) is 18.3. The molecule has 1 fully saturated rings. The smallest absolute Gasteiger partial charge is 0.320 e. The van der Waals surface area contributed by atoms with E-state index < -0.39 is 11.9 Å². The largest absolute Gasteiger partial charge is 0.481 e. The fraction of sp³-hybridized carbons (Fsp3) is 0.517. The zero-order chi connectivity index (χ0) is 26.8. The number of aliphatic carboxylic acids is 1. The van der Waals surface area contributed by atoms with Crippen LogP contribution in [0.4, 0.5) is 16.2 Å².